The van der Waals surface area contributed by atoms with Crippen molar-refractivity contribution in [2.75, 3.05) is 12.8 Å². The first kappa shape index (κ1) is 19.5. The lowest BCUT2D eigenvalue weighted by molar-refractivity contribution is -0.127. The molecule has 0 unspecified atom stereocenters. The molecule has 0 spiro atoms. The number of thioether (sulfide) groups is 1. The summed E-state index contributed by atoms with van der Waals surface area (Å²) in [6.45, 7) is 2.45. The minimum absolute atomic E-state index is 0.0284. The number of nitrogens with zero attached hydrogens (tertiary/aromatic N) is 4. The molecule has 5 nitrogen and oxygen atoms in total. The largest absolute Gasteiger partial charge is 0.338 e. The van der Waals surface area contributed by atoms with Crippen molar-refractivity contribution >= 4 is 39.2 Å². The van der Waals surface area contributed by atoms with Gasteiger partial charge < -0.3 is 4.90 Å². The molecule has 0 aliphatic carbocycles. The third-order valence-electron chi connectivity index (χ3n) is 4.36. The van der Waals surface area contributed by atoms with E-state index < -0.39 is 0 Å². The van der Waals surface area contributed by atoms with Crippen molar-refractivity contribution in [3.05, 3.63) is 71.4 Å². The number of amides is 1. The summed E-state index contributed by atoms with van der Waals surface area (Å²) in [4.78, 5) is 28.0. The maximum Gasteiger partial charge on any atom is 0.233 e. The average Bonchev–Trinajstić information content (AvgIpc) is 3.14. The van der Waals surface area contributed by atoms with Gasteiger partial charge in [-0.3, -0.25) is 4.79 Å². The normalized spacial score (nSPS) is 11.0. The Morgan fingerprint density at radius 1 is 1.03 bits per heavy atom. The van der Waals surface area contributed by atoms with Gasteiger partial charge >= 0.3 is 0 Å². The van der Waals surface area contributed by atoms with E-state index in [4.69, 9.17) is 0 Å². The number of hydrogen-bond acceptors (Lipinski definition) is 6. The number of thiazole rings is 1. The number of para-hydroxylation sites is 1. The second kappa shape index (κ2) is 8.71. The van der Waals surface area contributed by atoms with E-state index in [0.29, 0.717) is 17.5 Å². The van der Waals surface area contributed by atoms with Crippen LogP contribution in [0.2, 0.25) is 0 Å². The van der Waals surface area contributed by atoms with E-state index in [1.807, 2.05) is 74.6 Å². The highest BCUT2D eigenvalue weighted by Gasteiger charge is 2.14. The highest BCUT2D eigenvalue weighted by Crippen LogP contribution is 2.24. The Balaban J connectivity index is 1.40. The van der Waals surface area contributed by atoms with E-state index in [9.17, 15) is 4.79 Å². The standard InChI is InChI=1S/C22H20N4OS2/c1-15-12-18(16-8-4-3-5-9-16)25-22(23-15)28-14-21(27)26(2)13-20-24-17-10-6-7-11-19(17)29-20/h3-12H,13-14H2,1-2H3. The number of hydrogen-bond donors (Lipinski definition) is 0. The van der Waals surface area contributed by atoms with Gasteiger partial charge in [0.15, 0.2) is 5.16 Å². The monoisotopic (exact) mass is 420 g/mol. The first-order valence-electron chi connectivity index (χ1n) is 9.21. The van der Waals surface area contributed by atoms with Crippen molar-refractivity contribution in [2.24, 2.45) is 0 Å². The maximum atomic E-state index is 12.6. The Morgan fingerprint density at radius 3 is 2.59 bits per heavy atom. The number of rotatable bonds is 6. The van der Waals surface area contributed by atoms with Gasteiger partial charge in [0.1, 0.15) is 5.01 Å². The third kappa shape index (κ3) is 4.81. The molecule has 7 heteroatoms. The number of fused-ring (bicyclic) bond motifs is 1. The summed E-state index contributed by atoms with van der Waals surface area (Å²) in [6, 6.07) is 20.0. The SMILES string of the molecule is Cc1cc(-c2ccccc2)nc(SCC(=O)N(C)Cc2nc3ccccc3s2)n1. The number of aromatic nitrogens is 3. The molecule has 29 heavy (non-hydrogen) atoms. The van der Waals surface area contributed by atoms with E-state index in [-0.39, 0.29) is 5.91 Å². The second-order valence-corrected chi connectivity index (χ2v) is 8.71. The van der Waals surface area contributed by atoms with Crippen LogP contribution in [-0.2, 0) is 11.3 Å². The molecule has 0 N–H and O–H groups in total. The Hall–Kier alpha value is -2.77. The summed E-state index contributed by atoms with van der Waals surface area (Å²) in [5.74, 6) is 0.319. The molecule has 0 bridgehead atoms. The molecule has 146 valence electrons. The van der Waals surface area contributed by atoms with Crippen LogP contribution in [0.15, 0.2) is 65.8 Å². The molecular weight excluding hydrogens is 400 g/mol. The molecular formula is C22H20N4OS2. The van der Waals surface area contributed by atoms with Gasteiger partial charge in [0.05, 0.1) is 28.2 Å². The smallest absolute Gasteiger partial charge is 0.233 e. The van der Waals surface area contributed by atoms with Gasteiger partial charge in [0.25, 0.3) is 0 Å². The molecule has 0 saturated carbocycles. The van der Waals surface area contributed by atoms with Crippen LogP contribution in [0.4, 0.5) is 0 Å². The number of aryl methyl sites for hydroxylation is 1. The molecule has 0 saturated heterocycles. The van der Waals surface area contributed by atoms with Crippen molar-refractivity contribution in [3.63, 3.8) is 0 Å². The highest BCUT2D eigenvalue weighted by atomic mass is 32.2. The van der Waals surface area contributed by atoms with E-state index in [2.05, 4.69) is 15.0 Å². The molecule has 2 aromatic carbocycles. The Labute approximate surface area is 177 Å². The molecule has 4 rings (SSSR count). The zero-order valence-electron chi connectivity index (χ0n) is 16.2. The molecule has 2 aromatic heterocycles. The van der Waals surface area contributed by atoms with Crippen LogP contribution in [-0.4, -0.2) is 38.6 Å². The summed E-state index contributed by atoms with van der Waals surface area (Å²) >= 11 is 2.99. The predicted octanol–water partition coefficient (Wildman–Crippen LogP) is 4.81. The van der Waals surface area contributed by atoms with Gasteiger partial charge in [0.2, 0.25) is 5.91 Å². The fourth-order valence-electron chi connectivity index (χ4n) is 2.88. The van der Waals surface area contributed by atoms with Crippen molar-refractivity contribution < 1.29 is 4.79 Å². The van der Waals surface area contributed by atoms with E-state index in [1.165, 1.54) is 11.8 Å². The van der Waals surface area contributed by atoms with Crippen LogP contribution >= 0.6 is 23.1 Å². The quantitative estimate of drug-likeness (QED) is 0.331. The third-order valence-corrected chi connectivity index (χ3v) is 6.22. The fraction of sp³-hybridized carbons (Fsp3) is 0.182. The molecule has 1 amide bonds. The van der Waals surface area contributed by atoms with Gasteiger partial charge in [-0.05, 0) is 25.1 Å². The lowest BCUT2D eigenvalue weighted by atomic mass is 10.1. The van der Waals surface area contributed by atoms with Crippen molar-refractivity contribution in [1.29, 1.82) is 0 Å². The molecule has 0 atom stereocenters. The maximum absolute atomic E-state index is 12.6. The van der Waals surface area contributed by atoms with Crippen molar-refractivity contribution in [3.8, 4) is 11.3 Å². The van der Waals surface area contributed by atoms with Crippen LogP contribution in [0.3, 0.4) is 0 Å². The van der Waals surface area contributed by atoms with Gasteiger partial charge in [-0.25, -0.2) is 15.0 Å². The molecule has 4 aromatic rings. The first-order valence-corrected chi connectivity index (χ1v) is 11.0. The van der Waals surface area contributed by atoms with Crippen molar-refractivity contribution in [2.45, 2.75) is 18.6 Å². The van der Waals surface area contributed by atoms with Crippen molar-refractivity contribution in [1.82, 2.24) is 19.9 Å². The molecule has 0 aliphatic rings. The summed E-state index contributed by atoms with van der Waals surface area (Å²) < 4.78 is 1.14. The molecule has 0 aliphatic heterocycles. The van der Waals surface area contributed by atoms with Crippen LogP contribution in [0.25, 0.3) is 21.5 Å². The Bertz CT molecular complexity index is 1110. The lowest BCUT2D eigenvalue weighted by Gasteiger charge is -2.15. The summed E-state index contributed by atoms with van der Waals surface area (Å²) in [5, 5.41) is 1.55. The molecule has 2 heterocycles. The highest BCUT2D eigenvalue weighted by molar-refractivity contribution is 7.99. The van der Waals surface area contributed by atoms with Gasteiger partial charge in [0, 0.05) is 18.3 Å². The number of carbonyl (C=O) groups is 1. The zero-order chi connectivity index (χ0) is 20.2. The predicted molar refractivity (Wildman–Crippen MR) is 119 cm³/mol. The van der Waals surface area contributed by atoms with Crippen LogP contribution < -0.4 is 0 Å². The van der Waals surface area contributed by atoms with Crippen LogP contribution in [0.1, 0.15) is 10.7 Å². The fourth-order valence-corrected chi connectivity index (χ4v) is 4.74. The molecule has 0 fully saturated rings. The van der Waals surface area contributed by atoms with E-state index in [0.717, 1.165) is 32.2 Å². The second-order valence-electron chi connectivity index (χ2n) is 6.66. The summed E-state index contributed by atoms with van der Waals surface area (Å²) in [6.07, 6.45) is 0. The minimum atomic E-state index is 0.0284. The average molecular weight is 421 g/mol. The van der Waals surface area contributed by atoms with Gasteiger partial charge in [-0.1, -0.05) is 54.2 Å². The van der Waals surface area contributed by atoms with Crippen LogP contribution in [0.5, 0.6) is 0 Å². The lowest BCUT2D eigenvalue weighted by Crippen LogP contribution is -2.27. The first-order chi connectivity index (χ1) is 14.1. The van der Waals surface area contributed by atoms with E-state index in [1.54, 1.807) is 16.2 Å². The topological polar surface area (TPSA) is 59.0 Å². The Kier molecular flexibility index (Phi) is 5.87. The summed E-state index contributed by atoms with van der Waals surface area (Å²) in [7, 11) is 1.81. The van der Waals surface area contributed by atoms with Crippen LogP contribution in [0, 0.1) is 6.92 Å². The number of carbonyl (C=O) groups excluding carboxylic acids is 1. The molecule has 0 radical (unpaired) electrons. The number of benzene rings is 2. The Morgan fingerprint density at radius 2 is 1.79 bits per heavy atom. The van der Waals surface area contributed by atoms with Gasteiger partial charge in [-0.15, -0.1) is 11.3 Å². The zero-order valence-corrected chi connectivity index (χ0v) is 17.8. The summed E-state index contributed by atoms with van der Waals surface area (Å²) in [5.41, 5.74) is 3.77. The minimum Gasteiger partial charge on any atom is -0.338 e. The van der Waals surface area contributed by atoms with E-state index >= 15 is 0 Å². The van der Waals surface area contributed by atoms with Gasteiger partial charge in [-0.2, -0.15) is 0 Å².